The van der Waals surface area contributed by atoms with E-state index in [9.17, 15) is 0 Å². The number of hydrogen-bond acceptors (Lipinski definition) is 0. The molecule has 2 fully saturated rings. The molecule has 1 heterocycles. The van der Waals surface area contributed by atoms with Crippen molar-refractivity contribution in [1.29, 1.82) is 0 Å². The minimum absolute atomic E-state index is 0.480. The summed E-state index contributed by atoms with van der Waals surface area (Å²) in [4.78, 5) is 0. The number of piperidine rings is 1. The maximum atomic E-state index is 2.50. The van der Waals surface area contributed by atoms with Gasteiger partial charge in [-0.3, -0.25) is 0 Å². The molecule has 104 valence electrons. The van der Waals surface area contributed by atoms with E-state index < -0.39 is 0 Å². The van der Waals surface area contributed by atoms with Crippen LogP contribution in [0.15, 0.2) is 30.3 Å². The normalized spacial score (nSPS) is 25.3. The summed E-state index contributed by atoms with van der Waals surface area (Å²) in [6.45, 7) is 4.17. The van der Waals surface area contributed by atoms with Crippen molar-refractivity contribution in [1.82, 2.24) is 0 Å². The zero-order chi connectivity index (χ0) is 13.2. The number of nitrogens with zero attached hydrogens (tertiary/aromatic N) is 1. The lowest BCUT2D eigenvalue weighted by Gasteiger charge is -2.44. The molecule has 0 atom stereocenters. The average Bonchev–Trinajstić information content (AvgIpc) is 2.90. The van der Waals surface area contributed by atoms with Gasteiger partial charge in [0.15, 0.2) is 0 Å². The lowest BCUT2D eigenvalue weighted by molar-refractivity contribution is -0.918. The fourth-order valence-corrected chi connectivity index (χ4v) is 4.55. The molecule has 1 nitrogen and oxygen atoms in total. The third-order valence-electron chi connectivity index (χ3n) is 5.53. The second-order valence-electron chi connectivity index (χ2n) is 7.14. The van der Waals surface area contributed by atoms with Gasteiger partial charge in [-0.1, -0.05) is 43.2 Å². The topological polar surface area (TPSA) is 0 Å². The summed E-state index contributed by atoms with van der Waals surface area (Å²) in [5, 5.41) is 0. The van der Waals surface area contributed by atoms with Crippen LogP contribution in [0.1, 0.15) is 50.5 Å². The highest BCUT2D eigenvalue weighted by Crippen LogP contribution is 2.43. The fraction of sp³-hybridized carbons (Fsp3) is 0.667. The van der Waals surface area contributed by atoms with Crippen molar-refractivity contribution in [2.45, 2.75) is 50.4 Å². The molecule has 19 heavy (non-hydrogen) atoms. The van der Waals surface area contributed by atoms with E-state index in [1.54, 1.807) is 5.56 Å². The molecule has 0 N–H and O–H groups in total. The molecule has 1 aliphatic heterocycles. The Morgan fingerprint density at radius 2 is 1.53 bits per heavy atom. The zero-order valence-corrected chi connectivity index (χ0v) is 12.4. The first-order valence-electron chi connectivity index (χ1n) is 8.12. The molecule has 0 aromatic heterocycles. The van der Waals surface area contributed by atoms with Gasteiger partial charge in [0, 0.05) is 5.41 Å². The predicted octanol–water partition coefficient (Wildman–Crippen LogP) is 4.13. The molecule has 0 amide bonds. The highest BCUT2D eigenvalue weighted by Gasteiger charge is 2.42. The first-order chi connectivity index (χ1) is 9.23. The van der Waals surface area contributed by atoms with Crippen LogP contribution in [0, 0.1) is 0 Å². The van der Waals surface area contributed by atoms with E-state index in [1.165, 1.54) is 69.1 Å². The summed E-state index contributed by atoms with van der Waals surface area (Å²) in [6, 6.07) is 11.4. The molecule has 0 unspecified atom stereocenters. The van der Waals surface area contributed by atoms with E-state index >= 15 is 0 Å². The van der Waals surface area contributed by atoms with Gasteiger partial charge in [0.1, 0.15) is 0 Å². The molecule has 3 rings (SSSR count). The van der Waals surface area contributed by atoms with Gasteiger partial charge in [0.2, 0.25) is 0 Å². The lowest BCUT2D eigenvalue weighted by atomic mass is 9.77. The van der Waals surface area contributed by atoms with Gasteiger partial charge in [-0.25, -0.2) is 0 Å². The Kier molecular flexibility index (Phi) is 3.66. The molecule has 0 spiro atoms. The van der Waals surface area contributed by atoms with Crippen LogP contribution in [-0.2, 0) is 5.41 Å². The fourth-order valence-electron chi connectivity index (χ4n) is 4.55. The standard InChI is InChI=1S/C18H28N/c1-19(14-8-3-9-15-19)16-18(12-6-7-13-18)17-10-4-2-5-11-17/h2,4-5,10-11H,3,6-9,12-16H2,1H3/q+1. The van der Waals surface area contributed by atoms with Crippen molar-refractivity contribution in [3.05, 3.63) is 35.9 Å². The number of benzene rings is 1. The molecule has 1 saturated carbocycles. The predicted molar refractivity (Wildman–Crippen MR) is 81.2 cm³/mol. The summed E-state index contributed by atoms with van der Waals surface area (Å²) in [5.41, 5.74) is 2.09. The van der Waals surface area contributed by atoms with Crippen LogP contribution in [-0.4, -0.2) is 31.2 Å². The van der Waals surface area contributed by atoms with Gasteiger partial charge in [-0.2, -0.15) is 0 Å². The van der Waals surface area contributed by atoms with Crippen LogP contribution >= 0.6 is 0 Å². The molecule has 2 aliphatic rings. The molecule has 0 radical (unpaired) electrons. The van der Waals surface area contributed by atoms with E-state index in [4.69, 9.17) is 0 Å². The monoisotopic (exact) mass is 258 g/mol. The maximum Gasteiger partial charge on any atom is 0.0882 e. The molecule has 1 aliphatic carbocycles. The number of likely N-dealkylation sites (N-methyl/N-ethyl adjacent to an activating group) is 1. The molecule has 1 saturated heterocycles. The third-order valence-corrected chi connectivity index (χ3v) is 5.53. The Hall–Kier alpha value is -0.820. The Morgan fingerprint density at radius 3 is 2.16 bits per heavy atom. The number of likely N-dealkylation sites (tertiary alicyclic amines) is 1. The Bertz CT molecular complexity index is 397. The van der Waals surface area contributed by atoms with Gasteiger partial charge < -0.3 is 4.48 Å². The summed E-state index contributed by atoms with van der Waals surface area (Å²) < 4.78 is 1.31. The minimum Gasteiger partial charge on any atom is -0.325 e. The van der Waals surface area contributed by atoms with Crippen molar-refractivity contribution in [2.75, 3.05) is 26.7 Å². The molecule has 1 aromatic rings. The molecule has 0 bridgehead atoms. The Morgan fingerprint density at radius 1 is 0.895 bits per heavy atom. The SMILES string of the molecule is C[N+]1(CC2(c3ccccc3)CCCC2)CCCCC1. The summed E-state index contributed by atoms with van der Waals surface area (Å²) in [7, 11) is 2.50. The van der Waals surface area contributed by atoms with Crippen molar-refractivity contribution < 1.29 is 4.48 Å². The number of hydrogen-bond donors (Lipinski definition) is 0. The van der Waals surface area contributed by atoms with Gasteiger partial charge in [0.25, 0.3) is 0 Å². The van der Waals surface area contributed by atoms with E-state index in [0.717, 1.165) is 0 Å². The second kappa shape index (κ2) is 5.28. The van der Waals surface area contributed by atoms with Crippen LogP contribution < -0.4 is 0 Å². The van der Waals surface area contributed by atoms with Crippen LogP contribution in [0.3, 0.4) is 0 Å². The van der Waals surface area contributed by atoms with Crippen LogP contribution in [0.25, 0.3) is 0 Å². The lowest BCUT2D eigenvalue weighted by Crippen LogP contribution is -2.54. The molecular weight excluding hydrogens is 230 g/mol. The van der Waals surface area contributed by atoms with E-state index in [-0.39, 0.29) is 0 Å². The third kappa shape index (κ3) is 2.72. The first kappa shape index (κ1) is 13.2. The summed E-state index contributed by atoms with van der Waals surface area (Å²) >= 11 is 0. The second-order valence-corrected chi connectivity index (χ2v) is 7.14. The highest BCUT2D eigenvalue weighted by molar-refractivity contribution is 5.26. The molecule has 1 heteroatoms. The first-order valence-corrected chi connectivity index (χ1v) is 8.12. The Labute approximate surface area is 118 Å². The van der Waals surface area contributed by atoms with Crippen molar-refractivity contribution in [3.63, 3.8) is 0 Å². The highest BCUT2D eigenvalue weighted by atomic mass is 15.3. The van der Waals surface area contributed by atoms with Crippen LogP contribution in [0.4, 0.5) is 0 Å². The van der Waals surface area contributed by atoms with Gasteiger partial charge in [-0.05, 0) is 37.7 Å². The van der Waals surface area contributed by atoms with Crippen molar-refractivity contribution in [3.8, 4) is 0 Å². The van der Waals surface area contributed by atoms with E-state index in [2.05, 4.69) is 37.4 Å². The van der Waals surface area contributed by atoms with Gasteiger partial charge in [-0.15, -0.1) is 0 Å². The van der Waals surface area contributed by atoms with Crippen molar-refractivity contribution in [2.24, 2.45) is 0 Å². The summed E-state index contributed by atoms with van der Waals surface area (Å²) in [5.74, 6) is 0. The smallest absolute Gasteiger partial charge is 0.0882 e. The minimum atomic E-state index is 0.480. The van der Waals surface area contributed by atoms with Crippen molar-refractivity contribution >= 4 is 0 Å². The Balaban J connectivity index is 1.85. The number of quaternary nitrogens is 1. The zero-order valence-electron chi connectivity index (χ0n) is 12.4. The van der Waals surface area contributed by atoms with Gasteiger partial charge in [0.05, 0.1) is 26.7 Å². The van der Waals surface area contributed by atoms with Crippen LogP contribution in [0.5, 0.6) is 0 Å². The molecular formula is C18H28N+. The summed E-state index contributed by atoms with van der Waals surface area (Å²) in [6.07, 6.45) is 9.98. The van der Waals surface area contributed by atoms with E-state index in [0.29, 0.717) is 5.41 Å². The van der Waals surface area contributed by atoms with Gasteiger partial charge >= 0.3 is 0 Å². The number of rotatable bonds is 3. The quantitative estimate of drug-likeness (QED) is 0.715. The maximum absolute atomic E-state index is 2.50. The van der Waals surface area contributed by atoms with E-state index in [1.807, 2.05) is 0 Å². The average molecular weight is 258 g/mol. The molecule has 1 aromatic carbocycles. The van der Waals surface area contributed by atoms with Crippen LogP contribution in [0.2, 0.25) is 0 Å². The largest absolute Gasteiger partial charge is 0.325 e.